The van der Waals surface area contributed by atoms with Crippen LogP contribution in [0.25, 0.3) is 10.9 Å². The van der Waals surface area contributed by atoms with E-state index in [4.69, 9.17) is 10.2 Å². The van der Waals surface area contributed by atoms with E-state index in [1.54, 1.807) is 6.07 Å². The minimum absolute atomic E-state index is 0.372. The third-order valence-corrected chi connectivity index (χ3v) is 3.94. The zero-order valence-corrected chi connectivity index (χ0v) is 15.3. The lowest BCUT2D eigenvalue weighted by Crippen LogP contribution is -2.32. The fourth-order valence-electron chi connectivity index (χ4n) is 2.62. The number of aromatic amines is 1. The van der Waals surface area contributed by atoms with Gasteiger partial charge in [-0.05, 0) is 44.5 Å². The summed E-state index contributed by atoms with van der Waals surface area (Å²) in [4.78, 5) is 24.8. The lowest BCUT2D eigenvalue weighted by molar-refractivity contribution is -0.134. The van der Waals surface area contributed by atoms with E-state index in [1.165, 1.54) is 5.56 Å². The summed E-state index contributed by atoms with van der Waals surface area (Å²) in [6.07, 6.45) is 4.09. The van der Waals surface area contributed by atoms with E-state index >= 15 is 0 Å². The summed E-state index contributed by atoms with van der Waals surface area (Å²) in [5, 5.41) is 26.5. The number of phenols is 1. The van der Waals surface area contributed by atoms with Crippen molar-refractivity contribution in [2.24, 2.45) is 0 Å². The zero-order chi connectivity index (χ0) is 19.7. The summed E-state index contributed by atoms with van der Waals surface area (Å²) in [5.74, 6) is -2.14. The molecule has 7 heteroatoms. The second kappa shape index (κ2) is 10.2. The third kappa shape index (κ3) is 6.60. The molecule has 142 valence electrons. The number of carboxylic acid groups (broad SMARTS) is 2. The van der Waals surface area contributed by atoms with Crippen LogP contribution in [0.4, 0.5) is 0 Å². The normalized spacial score (nSPS) is 11.1. The average Bonchev–Trinajstić information content (AvgIpc) is 2.98. The number of rotatable bonds is 7. The van der Waals surface area contributed by atoms with Gasteiger partial charge in [0, 0.05) is 41.8 Å². The highest BCUT2D eigenvalue weighted by Crippen LogP contribution is 2.27. The topological polar surface area (TPSA) is 114 Å². The Bertz CT molecular complexity index is 748. The van der Waals surface area contributed by atoms with E-state index in [0.29, 0.717) is 23.9 Å². The van der Waals surface area contributed by atoms with E-state index in [2.05, 4.69) is 30.7 Å². The molecule has 0 amide bonds. The molecule has 0 aliphatic heterocycles. The lowest BCUT2D eigenvalue weighted by atomic mass is 10.1. The predicted octanol–water partition coefficient (Wildman–Crippen LogP) is 2.86. The predicted molar refractivity (Wildman–Crippen MR) is 100 cm³/mol. The average molecular weight is 362 g/mol. The van der Waals surface area contributed by atoms with Crippen LogP contribution in [-0.4, -0.2) is 56.3 Å². The highest BCUT2D eigenvalue weighted by molar-refractivity contribution is 5.90. The van der Waals surface area contributed by atoms with Crippen LogP contribution in [0.5, 0.6) is 5.75 Å². The van der Waals surface area contributed by atoms with Gasteiger partial charge in [0.15, 0.2) is 0 Å². The number of aliphatic carboxylic acids is 2. The number of hydrogen-bond acceptors (Lipinski definition) is 4. The van der Waals surface area contributed by atoms with E-state index in [-0.39, 0.29) is 0 Å². The molecule has 2 rings (SSSR count). The van der Waals surface area contributed by atoms with E-state index in [9.17, 15) is 14.7 Å². The summed E-state index contributed by atoms with van der Waals surface area (Å²) in [6.45, 7) is 8.71. The van der Waals surface area contributed by atoms with E-state index in [0.717, 1.165) is 30.4 Å². The van der Waals surface area contributed by atoms with Crippen molar-refractivity contribution in [2.45, 2.75) is 33.2 Å². The summed E-state index contributed by atoms with van der Waals surface area (Å²) < 4.78 is 0. The van der Waals surface area contributed by atoms with Crippen LogP contribution in [-0.2, 0) is 16.0 Å². The highest BCUT2D eigenvalue weighted by Gasteiger charge is 2.11. The number of H-pyrrole nitrogens is 1. The van der Waals surface area contributed by atoms with Gasteiger partial charge in [0.2, 0.25) is 0 Å². The summed E-state index contributed by atoms with van der Waals surface area (Å²) in [7, 11) is 0. The summed E-state index contributed by atoms with van der Waals surface area (Å²) in [6, 6.07) is 6.18. The number of hydrogen-bond donors (Lipinski definition) is 4. The maximum Gasteiger partial charge on any atom is 0.328 e. The summed E-state index contributed by atoms with van der Waals surface area (Å²) >= 11 is 0. The van der Waals surface area contributed by atoms with Crippen molar-refractivity contribution in [2.75, 3.05) is 13.1 Å². The van der Waals surface area contributed by atoms with Crippen molar-refractivity contribution >= 4 is 22.8 Å². The molecule has 26 heavy (non-hydrogen) atoms. The molecule has 1 aromatic carbocycles. The lowest BCUT2D eigenvalue weighted by Gasteiger charge is -2.24. The summed E-state index contributed by atoms with van der Waals surface area (Å²) in [5.41, 5.74) is 2.21. The molecule has 0 saturated heterocycles. The third-order valence-electron chi connectivity index (χ3n) is 3.94. The van der Waals surface area contributed by atoms with Gasteiger partial charge in [-0.25, -0.2) is 9.59 Å². The van der Waals surface area contributed by atoms with Crippen molar-refractivity contribution in [3.8, 4) is 5.75 Å². The molecule has 2 aromatic rings. The van der Waals surface area contributed by atoms with Gasteiger partial charge in [0.25, 0.3) is 0 Å². The Labute approximate surface area is 152 Å². The van der Waals surface area contributed by atoms with Gasteiger partial charge in [0.05, 0.1) is 0 Å². The largest absolute Gasteiger partial charge is 0.507 e. The van der Waals surface area contributed by atoms with Crippen LogP contribution in [0.1, 0.15) is 26.3 Å². The van der Waals surface area contributed by atoms with Gasteiger partial charge in [-0.2, -0.15) is 0 Å². The molecule has 0 aliphatic rings. The molecule has 0 aliphatic carbocycles. The Morgan fingerprint density at radius 1 is 1.19 bits per heavy atom. The van der Waals surface area contributed by atoms with Gasteiger partial charge in [-0.15, -0.1) is 0 Å². The van der Waals surface area contributed by atoms with Crippen LogP contribution in [0.15, 0.2) is 36.5 Å². The first-order valence-electron chi connectivity index (χ1n) is 8.42. The minimum atomic E-state index is -1.26. The zero-order valence-electron chi connectivity index (χ0n) is 15.3. The van der Waals surface area contributed by atoms with Gasteiger partial charge in [0.1, 0.15) is 5.75 Å². The Morgan fingerprint density at radius 3 is 2.31 bits per heavy atom. The molecule has 4 N–H and O–H groups in total. The maximum atomic E-state index is 9.94. The SMILES string of the molecule is CCN(CCc1c[nH]c2cccc(O)c12)C(C)C.O=C(O)/C=C/C(=O)O. The molecule has 0 unspecified atom stereocenters. The van der Waals surface area contributed by atoms with Gasteiger partial charge < -0.3 is 25.2 Å². The van der Waals surface area contributed by atoms with Crippen LogP contribution in [0, 0.1) is 0 Å². The molecule has 7 nitrogen and oxygen atoms in total. The highest BCUT2D eigenvalue weighted by atomic mass is 16.4. The van der Waals surface area contributed by atoms with Crippen LogP contribution >= 0.6 is 0 Å². The molecule has 1 heterocycles. The second-order valence-electron chi connectivity index (χ2n) is 6.00. The van der Waals surface area contributed by atoms with Crippen LogP contribution < -0.4 is 0 Å². The number of phenolic OH excluding ortho intramolecular Hbond substituents is 1. The fourth-order valence-corrected chi connectivity index (χ4v) is 2.62. The molecular formula is C19H26N2O5. The standard InChI is InChI=1S/C15H22N2O.C4H4O4/c1-4-17(11(2)3)9-8-12-10-16-13-6-5-7-14(18)15(12)13;5-3(6)1-2-4(7)8/h5-7,10-11,16,18H,4,8-9H2,1-3H3;1-2H,(H,5,6)(H,7,8)/b;2-1+. The number of carbonyl (C=O) groups is 2. The molecule has 0 atom stereocenters. The number of nitrogens with zero attached hydrogens (tertiary/aromatic N) is 1. The maximum absolute atomic E-state index is 9.94. The number of aromatic nitrogens is 1. The monoisotopic (exact) mass is 362 g/mol. The minimum Gasteiger partial charge on any atom is -0.507 e. The number of benzene rings is 1. The number of likely N-dealkylation sites (N-methyl/N-ethyl adjacent to an activating group) is 1. The van der Waals surface area contributed by atoms with Gasteiger partial charge >= 0.3 is 11.9 Å². The van der Waals surface area contributed by atoms with E-state index in [1.807, 2.05) is 18.3 Å². The van der Waals surface area contributed by atoms with Crippen LogP contribution in [0.3, 0.4) is 0 Å². The van der Waals surface area contributed by atoms with Crippen molar-refractivity contribution in [1.29, 1.82) is 0 Å². The Morgan fingerprint density at radius 2 is 1.81 bits per heavy atom. The Hall–Kier alpha value is -2.80. The number of fused-ring (bicyclic) bond motifs is 1. The molecule has 0 bridgehead atoms. The van der Waals surface area contributed by atoms with Gasteiger partial charge in [-0.3, -0.25) is 0 Å². The molecule has 0 spiro atoms. The number of carboxylic acids is 2. The first-order valence-corrected chi connectivity index (χ1v) is 8.42. The number of aromatic hydroxyl groups is 1. The number of nitrogens with one attached hydrogen (secondary N) is 1. The molecule has 0 radical (unpaired) electrons. The Balaban J connectivity index is 0.000000359. The quantitative estimate of drug-likeness (QED) is 0.563. The molecule has 1 aromatic heterocycles. The van der Waals surface area contributed by atoms with E-state index < -0.39 is 11.9 Å². The molecular weight excluding hydrogens is 336 g/mol. The molecule has 0 saturated carbocycles. The van der Waals surface area contributed by atoms with Crippen molar-refractivity contribution in [1.82, 2.24) is 9.88 Å². The van der Waals surface area contributed by atoms with Crippen LogP contribution in [0.2, 0.25) is 0 Å². The fraction of sp³-hybridized carbons (Fsp3) is 0.368. The first kappa shape index (κ1) is 21.2. The Kier molecular flexibility index (Phi) is 8.37. The molecule has 0 fully saturated rings. The van der Waals surface area contributed by atoms with Crippen molar-refractivity contribution < 1.29 is 24.9 Å². The first-order chi connectivity index (χ1) is 12.3. The van der Waals surface area contributed by atoms with Crippen molar-refractivity contribution in [3.05, 3.63) is 42.1 Å². The van der Waals surface area contributed by atoms with Crippen molar-refractivity contribution in [3.63, 3.8) is 0 Å². The smallest absolute Gasteiger partial charge is 0.328 e. The van der Waals surface area contributed by atoms with Gasteiger partial charge in [-0.1, -0.05) is 13.0 Å². The second-order valence-corrected chi connectivity index (χ2v) is 6.00.